The van der Waals surface area contributed by atoms with Gasteiger partial charge in [-0.2, -0.15) is 0 Å². The van der Waals surface area contributed by atoms with Gasteiger partial charge in [0.05, 0.1) is 0 Å². The van der Waals surface area contributed by atoms with Crippen LogP contribution in [0, 0.1) is 0 Å². The minimum absolute atomic E-state index is 1.09. The third kappa shape index (κ3) is 2.15. The van der Waals surface area contributed by atoms with Gasteiger partial charge in [0.1, 0.15) is 0 Å². The molecule has 0 aliphatic carbocycles. The Morgan fingerprint density at radius 2 is 1.82 bits per heavy atom. The lowest BCUT2D eigenvalue weighted by Crippen LogP contribution is -1.99. The summed E-state index contributed by atoms with van der Waals surface area (Å²) in [4.78, 5) is 0. The molecule has 0 saturated heterocycles. The van der Waals surface area contributed by atoms with E-state index in [1.807, 2.05) is 7.05 Å². The summed E-state index contributed by atoms with van der Waals surface area (Å²) >= 11 is 4.18. The number of thiol groups is 1. The Kier molecular flexibility index (Phi) is 2.83. The molecule has 0 fully saturated rings. The van der Waals surface area contributed by atoms with Gasteiger partial charge in [0, 0.05) is 12.7 Å². The van der Waals surface area contributed by atoms with E-state index in [-0.39, 0.29) is 0 Å². The molecule has 0 aliphatic heterocycles. The van der Waals surface area contributed by atoms with Crippen LogP contribution in [0.2, 0.25) is 0 Å². The monoisotopic (exact) mass is 167 g/mol. The molecule has 0 aromatic heterocycles. The van der Waals surface area contributed by atoms with Crippen molar-refractivity contribution in [3.8, 4) is 0 Å². The first-order valence-electron chi connectivity index (χ1n) is 3.75. The van der Waals surface area contributed by atoms with Crippen molar-refractivity contribution in [2.45, 2.75) is 13.3 Å². The summed E-state index contributed by atoms with van der Waals surface area (Å²) in [5.74, 6) is 0. The molecule has 0 radical (unpaired) electrons. The molecular weight excluding hydrogens is 154 g/mol. The number of anilines is 1. The van der Waals surface area contributed by atoms with Gasteiger partial charge in [-0.3, -0.25) is 0 Å². The summed E-state index contributed by atoms with van der Waals surface area (Å²) in [5.41, 5.74) is 2.49. The Bertz CT molecular complexity index is 216. The van der Waals surface area contributed by atoms with E-state index >= 15 is 0 Å². The lowest BCUT2D eigenvalue weighted by molar-refractivity contribution is 1.14. The predicted octanol–water partition coefficient (Wildman–Crippen LogP) is 2.53. The van der Waals surface area contributed by atoms with Crippen molar-refractivity contribution in [1.82, 2.24) is 0 Å². The van der Waals surface area contributed by atoms with Crippen LogP contribution in [-0.4, -0.2) is 7.05 Å². The summed E-state index contributed by atoms with van der Waals surface area (Å²) in [5, 5.41) is 0. The number of nitrogens with zero attached hydrogens (tertiary/aromatic N) is 1. The molecule has 0 unspecified atom stereocenters. The molecular formula is C9H13NS. The van der Waals surface area contributed by atoms with Crippen LogP contribution in [0.15, 0.2) is 24.3 Å². The molecule has 0 atom stereocenters. The highest BCUT2D eigenvalue weighted by atomic mass is 32.1. The Hall–Kier alpha value is -0.630. The van der Waals surface area contributed by atoms with Gasteiger partial charge in [0.2, 0.25) is 0 Å². The van der Waals surface area contributed by atoms with Crippen molar-refractivity contribution in [2.24, 2.45) is 0 Å². The number of hydrogen-bond donors (Lipinski definition) is 1. The normalized spacial score (nSPS) is 9.73. The minimum atomic E-state index is 1.09. The van der Waals surface area contributed by atoms with Crippen molar-refractivity contribution in [2.75, 3.05) is 11.4 Å². The molecule has 60 valence electrons. The zero-order chi connectivity index (χ0) is 8.27. The van der Waals surface area contributed by atoms with Gasteiger partial charge in [-0.05, 0) is 24.1 Å². The van der Waals surface area contributed by atoms with Gasteiger partial charge in [0.25, 0.3) is 0 Å². The highest BCUT2D eigenvalue weighted by molar-refractivity contribution is 7.81. The Balaban J connectivity index is 2.83. The summed E-state index contributed by atoms with van der Waals surface area (Å²) in [7, 11) is 1.92. The maximum atomic E-state index is 4.18. The SMILES string of the molecule is CCc1ccc(N(C)S)cc1. The molecule has 0 saturated carbocycles. The van der Waals surface area contributed by atoms with E-state index < -0.39 is 0 Å². The topological polar surface area (TPSA) is 3.24 Å². The molecule has 1 rings (SSSR count). The van der Waals surface area contributed by atoms with Crippen molar-refractivity contribution in [3.63, 3.8) is 0 Å². The second-order valence-electron chi connectivity index (χ2n) is 2.54. The van der Waals surface area contributed by atoms with Crippen LogP contribution in [-0.2, 0) is 6.42 Å². The van der Waals surface area contributed by atoms with E-state index in [0.29, 0.717) is 0 Å². The average Bonchev–Trinajstić information content (AvgIpc) is 2.05. The van der Waals surface area contributed by atoms with Gasteiger partial charge in [-0.1, -0.05) is 31.9 Å². The first kappa shape index (κ1) is 8.47. The zero-order valence-corrected chi connectivity index (χ0v) is 7.81. The van der Waals surface area contributed by atoms with E-state index in [4.69, 9.17) is 0 Å². The molecule has 0 N–H and O–H groups in total. The lowest BCUT2D eigenvalue weighted by atomic mass is 10.1. The van der Waals surface area contributed by atoms with Crippen molar-refractivity contribution < 1.29 is 0 Å². The number of rotatable bonds is 2. The van der Waals surface area contributed by atoms with Crippen LogP contribution in [0.25, 0.3) is 0 Å². The quantitative estimate of drug-likeness (QED) is 0.662. The third-order valence-corrected chi connectivity index (χ3v) is 1.95. The van der Waals surface area contributed by atoms with Crippen LogP contribution in [0.3, 0.4) is 0 Å². The second kappa shape index (κ2) is 3.67. The first-order chi connectivity index (χ1) is 5.24. The van der Waals surface area contributed by atoms with E-state index in [2.05, 4.69) is 44.0 Å². The summed E-state index contributed by atoms with van der Waals surface area (Å²) in [6.07, 6.45) is 1.09. The number of aryl methyl sites for hydroxylation is 1. The minimum Gasteiger partial charge on any atom is -0.322 e. The standard InChI is InChI=1S/C9H13NS/c1-3-8-4-6-9(7-5-8)10(2)11/h4-7,11H,3H2,1-2H3. The highest BCUT2D eigenvalue weighted by Crippen LogP contribution is 2.14. The van der Waals surface area contributed by atoms with E-state index in [1.165, 1.54) is 5.56 Å². The highest BCUT2D eigenvalue weighted by Gasteiger charge is 1.93. The van der Waals surface area contributed by atoms with Gasteiger partial charge in [-0.15, -0.1) is 0 Å². The fourth-order valence-electron chi connectivity index (χ4n) is 0.947. The van der Waals surface area contributed by atoms with Gasteiger partial charge in [0.15, 0.2) is 0 Å². The molecule has 0 bridgehead atoms. The van der Waals surface area contributed by atoms with Crippen LogP contribution in [0.1, 0.15) is 12.5 Å². The van der Waals surface area contributed by atoms with E-state index in [1.54, 1.807) is 4.31 Å². The Morgan fingerprint density at radius 3 is 2.18 bits per heavy atom. The molecule has 1 aromatic rings. The van der Waals surface area contributed by atoms with Gasteiger partial charge < -0.3 is 4.31 Å². The molecule has 0 amide bonds. The van der Waals surface area contributed by atoms with Crippen LogP contribution >= 0.6 is 12.8 Å². The van der Waals surface area contributed by atoms with Gasteiger partial charge >= 0.3 is 0 Å². The van der Waals surface area contributed by atoms with Crippen molar-refractivity contribution >= 4 is 18.5 Å². The van der Waals surface area contributed by atoms with Crippen molar-refractivity contribution in [3.05, 3.63) is 29.8 Å². The fourth-order valence-corrected chi connectivity index (χ4v) is 1.08. The summed E-state index contributed by atoms with van der Waals surface area (Å²) < 4.78 is 1.80. The zero-order valence-electron chi connectivity index (χ0n) is 6.91. The maximum Gasteiger partial charge on any atom is 0.0464 e. The fraction of sp³-hybridized carbons (Fsp3) is 0.333. The molecule has 0 heterocycles. The van der Waals surface area contributed by atoms with E-state index in [0.717, 1.165) is 12.1 Å². The maximum absolute atomic E-state index is 4.18. The smallest absolute Gasteiger partial charge is 0.0464 e. The number of hydrogen-bond acceptors (Lipinski definition) is 2. The summed E-state index contributed by atoms with van der Waals surface area (Å²) in [6.45, 7) is 2.15. The predicted molar refractivity (Wildman–Crippen MR) is 53.2 cm³/mol. The van der Waals surface area contributed by atoms with Crippen LogP contribution in [0.5, 0.6) is 0 Å². The molecule has 0 spiro atoms. The number of benzene rings is 1. The third-order valence-electron chi connectivity index (χ3n) is 1.72. The van der Waals surface area contributed by atoms with Crippen LogP contribution in [0.4, 0.5) is 5.69 Å². The average molecular weight is 167 g/mol. The molecule has 2 heteroatoms. The molecule has 1 nitrogen and oxygen atoms in total. The molecule has 0 aliphatic rings. The lowest BCUT2D eigenvalue weighted by Gasteiger charge is -2.10. The van der Waals surface area contributed by atoms with E-state index in [9.17, 15) is 0 Å². The van der Waals surface area contributed by atoms with Crippen LogP contribution < -0.4 is 4.31 Å². The summed E-state index contributed by atoms with van der Waals surface area (Å²) in [6, 6.07) is 8.40. The Morgan fingerprint density at radius 1 is 1.27 bits per heavy atom. The first-order valence-corrected chi connectivity index (χ1v) is 4.15. The molecule has 11 heavy (non-hydrogen) atoms. The largest absolute Gasteiger partial charge is 0.322 e. The van der Waals surface area contributed by atoms with Crippen molar-refractivity contribution in [1.29, 1.82) is 0 Å². The Labute approximate surface area is 73.6 Å². The van der Waals surface area contributed by atoms with Gasteiger partial charge in [-0.25, -0.2) is 0 Å². The molecule has 1 aromatic carbocycles. The second-order valence-corrected chi connectivity index (χ2v) is 3.14.